The predicted octanol–water partition coefficient (Wildman–Crippen LogP) is 6.39. The van der Waals surface area contributed by atoms with E-state index in [9.17, 15) is 14.7 Å². The van der Waals surface area contributed by atoms with Crippen molar-refractivity contribution in [2.45, 2.75) is 58.1 Å². The normalized spacial score (nSPS) is 23.4. The molecule has 0 saturated carbocycles. The molecule has 242 valence electrons. The van der Waals surface area contributed by atoms with Crippen molar-refractivity contribution in [1.29, 1.82) is 0 Å². The average Bonchev–Trinajstić information content (AvgIpc) is 3.34. The minimum Gasteiger partial charge on any atom is -0.872 e. The molecule has 8 nitrogen and oxygen atoms in total. The summed E-state index contributed by atoms with van der Waals surface area (Å²) in [7, 11) is 1.94. The quantitative estimate of drug-likeness (QED) is 0.220. The van der Waals surface area contributed by atoms with Crippen LogP contribution in [0.5, 0.6) is 11.5 Å². The monoisotopic (exact) mass is 632 g/mol. The molecule has 4 aliphatic rings. The van der Waals surface area contributed by atoms with Gasteiger partial charge < -0.3 is 24.2 Å². The number of hydrogen-bond acceptors (Lipinski definition) is 7. The molecule has 3 aliphatic heterocycles. The van der Waals surface area contributed by atoms with Crippen molar-refractivity contribution in [1.82, 2.24) is 0 Å². The van der Waals surface area contributed by atoms with Crippen molar-refractivity contribution in [3.8, 4) is 11.5 Å². The van der Waals surface area contributed by atoms with Gasteiger partial charge in [-0.1, -0.05) is 43.3 Å². The van der Waals surface area contributed by atoms with Crippen LogP contribution in [0.25, 0.3) is 0 Å². The lowest BCUT2D eigenvalue weighted by Crippen LogP contribution is -2.50. The second kappa shape index (κ2) is 11.4. The topological polar surface area (TPSA) is 91.1 Å². The first-order chi connectivity index (χ1) is 22.5. The molecule has 8 heteroatoms. The zero-order valence-corrected chi connectivity index (χ0v) is 27.5. The smallest absolute Gasteiger partial charge is 0.339 e. The Morgan fingerprint density at radius 3 is 2.57 bits per heavy atom. The number of carbonyl (C=O) groups excluding carboxylic acids is 2. The molecule has 0 saturated heterocycles. The highest BCUT2D eigenvalue weighted by molar-refractivity contribution is 6.07. The van der Waals surface area contributed by atoms with E-state index >= 15 is 0 Å². The van der Waals surface area contributed by atoms with Crippen molar-refractivity contribution in [2.75, 3.05) is 25.1 Å². The molecular weight excluding hydrogens is 592 g/mol. The van der Waals surface area contributed by atoms with Crippen LogP contribution in [0.1, 0.15) is 68.4 Å². The molecule has 3 unspecified atom stereocenters. The number of esters is 2. The summed E-state index contributed by atoms with van der Waals surface area (Å²) in [5, 5.41) is 11.8. The van der Waals surface area contributed by atoms with Gasteiger partial charge in [-0.2, -0.15) is 0 Å². The maximum absolute atomic E-state index is 13.5. The van der Waals surface area contributed by atoms with E-state index in [0.29, 0.717) is 43.1 Å². The van der Waals surface area contributed by atoms with Gasteiger partial charge in [-0.3, -0.25) is 4.79 Å². The van der Waals surface area contributed by atoms with Crippen LogP contribution in [0.3, 0.4) is 0 Å². The highest BCUT2D eigenvalue weighted by atomic mass is 16.6. The molecule has 0 radical (unpaired) electrons. The lowest BCUT2D eigenvalue weighted by molar-refractivity contribution is -0.606. The second-order valence-corrected chi connectivity index (χ2v) is 13.5. The Kier molecular flexibility index (Phi) is 7.49. The second-order valence-electron chi connectivity index (χ2n) is 13.5. The van der Waals surface area contributed by atoms with Gasteiger partial charge in [0.05, 0.1) is 24.5 Å². The van der Waals surface area contributed by atoms with Gasteiger partial charge in [0.25, 0.3) is 0 Å². The van der Waals surface area contributed by atoms with E-state index in [1.807, 2.05) is 61.3 Å². The van der Waals surface area contributed by atoms with E-state index in [-0.39, 0.29) is 35.1 Å². The maximum Gasteiger partial charge on any atom is 0.339 e. The molecule has 3 atom stereocenters. The van der Waals surface area contributed by atoms with E-state index in [4.69, 9.17) is 14.2 Å². The Labute approximate surface area is 275 Å². The lowest BCUT2D eigenvalue weighted by atomic mass is 9.68. The third-order valence-electron chi connectivity index (χ3n) is 10.1. The summed E-state index contributed by atoms with van der Waals surface area (Å²) in [6, 6.07) is 20.3. The predicted molar refractivity (Wildman–Crippen MR) is 177 cm³/mol. The van der Waals surface area contributed by atoms with Gasteiger partial charge in [-0.05, 0) is 57.0 Å². The fraction of sp³-hybridized carbons (Fsp3) is 0.359. The Bertz CT molecular complexity index is 1870. The molecule has 3 aromatic rings. The van der Waals surface area contributed by atoms with Crippen molar-refractivity contribution in [3.05, 3.63) is 107 Å². The van der Waals surface area contributed by atoms with Gasteiger partial charge in [0.15, 0.2) is 11.1 Å². The maximum atomic E-state index is 13.5. The van der Waals surface area contributed by atoms with Crippen molar-refractivity contribution in [2.24, 2.45) is 11.8 Å². The Morgan fingerprint density at radius 2 is 1.81 bits per heavy atom. The minimum absolute atomic E-state index is 0.0464. The Morgan fingerprint density at radius 1 is 1.06 bits per heavy atom. The van der Waals surface area contributed by atoms with Gasteiger partial charge in [-0.15, -0.1) is 5.75 Å². The first-order valence-corrected chi connectivity index (χ1v) is 16.4. The summed E-state index contributed by atoms with van der Waals surface area (Å²) in [4.78, 5) is 27.7. The van der Waals surface area contributed by atoms with Crippen LogP contribution in [0.4, 0.5) is 11.4 Å². The van der Waals surface area contributed by atoms with Gasteiger partial charge >= 0.3 is 11.9 Å². The van der Waals surface area contributed by atoms with E-state index in [0.717, 1.165) is 34.6 Å². The van der Waals surface area contributed by atoms with Gasteiger partial charge in [0.1, 0.15) is 18.1 Å². The number of carbonyl (C=O) groups is 2. The van der Waals surface area contributed by atoms with E-state index in [1.54, 1.807) is 24.3 Å². The molecule has 7 rings (SSSR count). The summed E-state index contributed by atoms with van der Waals surface area (Å²) >= 11 is 0. The summed E-state index contributed by atoms with van der Waals surface area (Å²) in [5.41, 5.74) is 4.92. The standard InChI is InChI=1S/C39H40N2O6/c1-6-45-36(43)12-9-19-41-33-22-35-32(21-29(33)24(2)23-38(41,3)4)39(30-11-8-7-10-28(30)37(44)47-39)31-18-15-26(20-34(31)46-35)40(5)25-13-16-27(42)17-14-25/h7-8,10-11,13-18,20-22,24,32H,6,9,12,19,23H2,1-5H3. The first kappa shape index (κ1) is 30.8. The molecule has 0 amide bonds. The van der Waals surface area contributed by atoms with Crippen molar-refractivity contribution < 1.29 is 33.5 Å². The zero-order valence-electron chi connectivity index (χ0n) is 27.5. The Balaban J connectivity index is 1.38. The molecule has 1 spiro atoms. The van der Waals surface area contributed by atoms with Crippen LogP contribution in [0.2, 0.25) is 0 Å². The van der Waals surface area contributed by atoms with Gasteiger partial charge in [0.2, 0.25) is 5.71 Å². The number of allylic oxidation sites excluding steroid dienone is 2. The molecule has 0 fully saturated rings. The largest absolute Gasteiger partial charge is 0.872 e. The number of anilines is 2. The number of fused-ring (bicyclic) bond motifs is 7. The van der Waals surface area contributed by atoms with Crippen LogP contribution < -0.4 is 14.7 Å². The summed E-state index contributed by atoms with van der Waals surface area (Å²) < 4.78 is 20.9. The highest BCUT2D eigenvalue weighted by Gasteiger charge is 2.59. The van der Waals surface area contributed by atoms with E-state index in [2.05, 4.69) is 37.5 Å². The average molecular weight is 633 g/mol. The number of hydrogen-bond donors (Lipinski definition) is 0. The van der Waals surface area contributed by atoms with Crippen LogP contribution in [0, 0.1) is 11.8 Å². The van der Waals surface area contributed by atoms with Crippen LogP contribution in [-0.4, -0.2) is 48.0 Å². The van der Waals surface area contributed by atoms with Crippen molar-refractivity contribution >= 4 is 29.0 Å². The van der Waals surface area contributed by atoms with E-state index in [1.165, 1.54) is 5.57 Å². The fourth-order valence-electron chi connectivity index (χ4n) is 7.95. The van der Waals surface area contributed by atoms with Gasteiger partial charge in [0, 0.05) is 60.1 Å². The third-order valence-corrected chi connectivity index (χ3v) is 10.1. The van der Waals surface area contributed by atoms with Crippen LogP contribution in [-0.2, 0) is 19.9 Å². The molecule has 0 N–H and O–H groups in total. The van der Waals surface area contributed by atoms with Crippen LogP contribution >= 0.6 is 0 Å². The summed E-state index contributed by atoms with van der Waals surface area (Å²) in [5.74, 6) is 0.612. The molecular formula is C39H40N2O6. The number of benzene rings is 3. The SMILES string of the molecule is CCOC(=O)CCC[N+]1=C2C=C3Oc4cc(N(C)c5ccc([O-])cc5)ccc4C4(OC(=O)c5ccccc54)C3C=C2C(C)CC1(C)C. The van der Waals surface area contributed by atoms with E-state index < -0.39 is 5.60 Å². The third kappa shape index (κ3) is 5.01. The molecule has 47 heavy (non-hydrogen) atoms. The Hall–Kier alpha value is -4.85. The highest BCUT2D eigenvalue weighted by Crippen LogP contribution is 2.58. The lowest BCUT2D eigenvalue weighted by Gasteiger charge is -2.44. The van der Waals surface area contributed by atoms with Gasteiger partial charge in [-0.25, -0.2) is 9.37 Å². The molecule has 3 aromatic carbocycles. The molecule has 1 aliphatic carbocycles. The number of rotatable bonds is 7. The molecule has 0 bridgehead atoms. The number of ether oxygens (including phenoxy) is 3. The van der Waals surface area contributed by atoms with Crippen LogP contribution in [0.15, 0.2) is 90.2 Å². The molecule has 0 aromatic heterocycles. The fourth-order valence-corrected chi connectivity index (χ4v) is 7.95. The first-order valence-electron chi connectivity index (χ1n) is 16.4. The zero-order chi connectivity index (χ0) is 33.1. The summed E-state index contributed by atoms with van der Waals surface area (Å²) in [6.07, 6.45) is 6.34. The molecule has 3 heterocycles. The van der Waals surface area contributed by atoms with Crippen molar-refractivity contribution in [3.63, 3.8) is 0 Å². The number of nitrogens with zero attached hydrogens (tertiary/aromatic N) is 2. The summed E-state index contributed by atoms with van der Waals surface area (Å²) in [6.45, 7) is 9.64. The minimum atomic E-state index is -1.10.